The van der Waals surface area contributed by atoms with Gasteiger partial charge in [0, 0.05) is 5.69 Å². The molecule has 0 fully saturated rings. The van der Waals surface area contributed by atoms with Crippen molar-refractivity contribution < 1.29 is 9.90 Å². The summed E-state index contributed by atoms with van der Waals surface area (Å²) < 4.78 is 0. The first-order valence-electron chi connectivity index (χ1n) is 2.70. The van der Waals surface area contributed by atoms with Crippen LogP contribution in [-0.2, 0) is 0 Å². The second kappa shape index (κ2) is 2.39. The third-order valence-corrected chi connectivity index (χ3v) is 1.06. The van der Waals surface area contributed by atoms with E-state index in [1.165, 1.54) is 18.2 Å². The van der Waals surface area contributed by atoms with Gasteiger partial charge in [-0.2, -0.15) is 0 Å². The van der Waals surface area contributed by atoms with E-state index in [0.717, 1.165) is 0 Å². The first-order valence-corrected chi connectivity index (χ1v) is 2.70. The van der Waals surface area contributed by atoms with Crippen LogP contribution in [0.4, 0.5) is 5.69 Å². The lowest BCUT2D eigenvalue weighted by molar-refractivity contribution is 0.0697. The fourth-order valence-corrected chi connectivity index (χ4v) is 0.614. The first kappa shape index (κ1) is 6.61. The van der Waals surface area contributed by atoms with Gasteiger partial charge in [0.2, 0.25) is 0 Å². The van der Waals surface area contributed by atoms with Crippen LogP contribution in [0.3, 0.4) is 0 Å². The van der Waals surface area contributed by atoms with E-state index >= 15 is 0 Å². The van der Waals surface area contributed by atoms with Crippen molar-refractivity contribution in [2.75, 3.05) is 5.73 Å². The summed E-state index contributed by atoms with van der Waals surface area (Å²) in [6, 6.07) is 6.89. The van der Waals surface area contributed by atoms with Crippen LogP contribution in [0.25, 0.3) is 0 Å². The Kier molecular flexibility index (Phi) is 1.58. The molecule has 1 aromatic carbocycles. The predicted octanol–water partition coefficient (Wildman–Crippen LogP) is 0.767. The van der Waals surface area contributed by atoms with Crippen molar-refractivity contribution >= 4 is 11.7 Å². The highest BCUT2D eigenvalue weighted by molar-refractivity contribution is 5.88. The number of carboxylic acids is 1. The Hall–Kier alpha value is -1.51. The second-order valence-corrected chi connectivity index (χ2v) is 1.86. The van der Waals surface area contributed by atoms with Crippen LogP contribution in [0.1, 0.15) is 10.4 Å². The first-order chi connectivity index (χ1) is 4.70. The summed E-state index contributed by atoms with van der Waals surface area (Å²) in [6.45, 7) is 0. The molecule has 0 atom stereocenters. The van der Waals surface area contributed by atoms with Gasteiger partial charge in [0.1, 0.15) is 0 Å². The van der Waals surface area contributed by atoms with E-state index in [1.807, 2.05) is 0 Å². The van der Waals surface area contributed by atoms with Gasteiger partial charge in [0.05, 0.1) is 5.56 Å². The number of hydrogen-bond donors (Lipinski definition) is 2. The number of nitrogens with two attached hydrogens (primary N) is 1. The maximum atomic E-state index is 10.3. The summed E-state index contributed by atoms with van der Waals surface area (Å²) in [5.41, 5.74) is 5.89. The van der Waals surface area contributed by atoms with Crippen LogP contribution in [0.5, 0.6) is 0 Å². The van der Waals surface area contributed by atoms with E-state index in [2.05, 4.69) is 6.07 Å². The lowest BCUT2D eigenvalue weighted by Crippen LogP contribution is -1.96. The highest BCUT2D eigenvalue weighted by Crippen LogP contribution is 2.04. The molecule has 0 heterocycles. The fourth-order valence-electron chi connectivity index (χ4n) is 0.614. The Labute approximate surface area is 58.1 Å². The lowest BCUT2D eigenvalue weighted by Gasteiger charge is -1.93. The molecule has 10 heavy (non-hydrogen) atoms. The van der Waals surface area contributed by atoms with Gasteiger partial charge >= 0.3 is 5.97 Å². The van der Waals surface area contributed by atoms with Gasteiger partial charge < -0.3 is 10.8 Å². The summed E-state index contributed by atoms with van der Waals surface area (Å²) in [5.74, 6) is -0.983. The Morgan fingerprint density at radius 3 is 2.70 bits per heavy atom. The third-order valence-electron chi connectivity index (χ3n) is 1.06. The molecule has 0 saturated carbocycles. The molecule has 0 spiro atoms. The molecule has 0 aliphatic carbocycles. The minimum absolute atomic E-state index is 0.167. The maximum absolute atomic E-state index is 10.3. The van der Waals surface area contributed by atoms with Gasteiger partial charge in [-0.1, -0.05) is 0 Å². The molecule has 0 bridgehead atoms. The van der Waals surface area contributed by atoms with E-state index in [1.54, 1.807) is 0 Å². The van der Waals surface area contributed by atoms with Crippen LogP contribution in [-0.4, -0.2) is 11.1 Å². The van der Waals surface area contributed by atoms with Gasteiger partial charge in [-0.05, 0) is 24.3 Å². The lowest BCUT2D eigenvalue weighted by atomic mass is 10.2. The molecule has 51 valence electrons. The van der Waals surface area contributed by atoms with E-state index < -0.39 is 5.97 Å². The molecular weight excluding hydrogens is 130 g/mol. The molecule has 1 aromatic rings. The van der Waals surface area contributed by atoms with Gasteiger partial charge in [-0.15, -0.1) is 0 Å². The molecular formula is C7H6NO2. The van der Waals surface area contributed by atoms with Crippen molar-refractivity contribution in [1.82, 2.24) is 0 Å². The zero-order valence-corrected chi connectivity index (χ0v) is 5.16. The normalized spacial score (nSPS) is 9.20. The van der Waals surface area contributed by atoms with Crippen LogP contribution in [0, 0.1) is 6.07 Å². The monoisotopic (exact) mass is 136 g/mol. The van der Waals surface area contributed by atoms with E-state index in [0.29, 0.717) is 5.69 Å². The number of carbonyl (C=O) groups is 1. The van der Waals surface area contributed by atoms with Gasteiger partial charge in [-0.3, -0.25) is 0 Å². The van der Waals surface area contributed by atoms with Crippen LogP contribution >= 0.6 is 0 Å². The SMILES string of the molecule is Nc1c[c]cc(C(=O)O)c1. The van der Waals surface area contributed by atoms with Crippen molar-refractivity contribution in [3.8, 4) is 0 Å². The van der Waals surface area contributed by atoms with Crippen molar-refractivity contribution in [2.24, 2.45) is 0 Å². The molecule has 3 heteroatoms. The summed E-state index contributed by atoms with van der Waals surface area (Å²) in [7, 11) is 0. The molecule has 0 aromatic heterocycles. The second-order valence-electron chi connectivity index (χ2n) is 1.86. The number of anilines is 1. The van der Waals surface area contributed by atoms with Gasteiger partial charge in [-0.25, -0.2) is 4.79 Å². The Morgan fingerprint density at radius 2 is 2.30 bits per heavy atom. The number of benzene rings is 1. The van der Waals surface area contributed by atoms with Crippen LogP contribution in [0.2, 0.25) is 0 Å². The molecule has 0 saturated heterocycles. The minimum Gasteiger partial charge on any atom is -0.478 e. The molecule has 0 aliphatic rings. The van der Waals surface area contributed by atoms with Crippen LogP contribution in [0.15, 0.2) is 18.2 Å². The quantitative estimate of drug-likeness (QED) is 0.560. The maximum Gasteiger partial charge on any atom is 0.335 e. The van der Waals surface area contributed by atoms with Gasteiger partial charge in [0.15, 0.2) is 0 Å². The Morgan fingerprint density at radius 1 is 1.60 bits per heavy atom. The number of nitrogen functional groups attached to an aromatic ring is 1. The third kappa shape index (κ3) is 1.25. The zero-order chi connectivity index (χ0) is 7.56. The molecule has 0 unspecified atom stereocenters. The van der Waals surface area contributed by atoms with Crippen molar-refractivity contribution in [2.45, 2.75) is 0 Å². The summed E-state index contributed by atoms with van der Waals surface area (Å²) in [6.07, 6.45) is 0. The van der Waals surface area contributed by atoms with Crippen molar-refractivity contribution in [1.29, 1.82) is 0 Å². The topological polar surface area (TPSA) is 63.3 Å². The van der Waals surface area contributed by atoms with Crippen molar-refractivity contribution in [3.05, 3.63) is 29.8 Å². The molecule has 3 nitrogen and oxygen atoms in total. The highest BCUT2D eigenvalue weighted by atomic mass is 16.4. The summed E-state index contributed by atoms with van der Waals surface area (Å²) in [5, 5.41) is 8.43. The highest BCUT2D eigenvalue weighted by Gasteiger charge is 1.99. The molecule has 0 amide bonds. The molecule has 1 radical (unpaired) electrons. The predicted molar refractivity (Wildman–Crippen MR) is 36.6 cm³/mol. The minimum atomic E-state index is -0.983. The molecule has 3 N–H and O–H groups in total. The smallest absolute Gasteiger partial charge is 0.335 e. The van der Waals surface area contributed by atoms with E-state index in [4.69, 9.17) is 10.8 Å². The zero-order valence-electron chi connectivity index (χ0n) is 5.16. The van der Waals surface area contributed by atoms with Crippen molar-refractivity contribution in [3.63, 3.8) is 0 Å². The number of carboxylic acid groups (broad SMARTS) is 1. The van der Waals surface area contributed by atoms with Gasteiger partial charge in [0.25, 0.3) is 0 Å². The molecule has 1 rings (SSSR count). The average molecular weight is 136 g/mol. The Balaban J connectivity index is 3.07. The Bertz CT molecular complexity index is 258. The summed E-state index contributed by atoms with van der Waals surface area (Å²) >= 11 is 0. The average Bonchev–Trinajstić information content (AvgIpc) is 1.88. The van der Waals surface area contributed by atoms with E-state index in [9.17, 15) is 4.79 Å². The van der Waals surface area contributed by atoms with E-state index in [-0.39, 0.29) is 5.56 Å². The number of aromatic carboxylic acids is 1. The fraction of sp³-hybridized carbons (Fsp3) is 0. The number of rotatable bonds is 1. The standard InChI is InChI=1S/C7H6NO2/c8-6-3-1-2-5(4-6)7(9)10/h2-4H,8H2,(H,9,10). The summed E-state index contributed by atoms with van der Waals surface area (Å²) in [4.78, 5) is 10.3. The van der Waals surface area contributed by atoms with Crippen LogP contribution < -0.4 is 5.73 Å². The number of hydrogen-bond acceptors (Lipinski definition) is 2. The largest absolute Gasteiger partial charge is 0.478 e. The molecule has 0 aliphatic heterocycles.